The molecule has 2 saturated heterocycles. The van der Waals surface area contributed by atoms with Crippen molar-refractivity contribution in [3.63, 3.8) is 0 Å². The first-order valence-corrected chi connectivity index (χ1v) is 15.7. The van der Waals surface area contributed by atoms with Gasteiger partial charge in [-0.3, -0.25) is 19.1 Å². The van der Waals surface area contributed by atoms with Crippen LogP contribution in [0.15, 0.2) is 9.70 Å². The van der Waals surface area contributed by atoms with Gasteiger partial charge in [0.2, 0.25) is 0 Å². The van der Waals surface area contributed by atoms with Gasteiger partial charge in [0, 0.05) is 32.2 Å². The van der Waals surface area contributed by atoms with Crippen LogP contribution in [-0.4, -0.2) is 39.3 Å². The zero-order chi connectivity index (χ0) is 27.7. The monoisotopic (exact) mass is 556 g/mol. The van der Waals surface area contributed by atoms with E-state index in [4.69, 9.17) is 12.2 Å². The van der Waals surface area contributed by atoms with Crippen LogP contribution < -0.4 is 10.5 Å². The molecule has 3 rings (SSSR count). The Kier molecular flexibility index (Phi) is 11.9. The predicted octanol–water partition coefficient (Wildman–Crippen LogP) is 6.92. The van der Waals surface area contributed by atoms with E-state index < -0.39 is 0 Å². The maximum atomic E-state index is 13.4. The summed E-state index contributed by atoms with van der Waals surface area (Å²) in [5, 5.41) is 9.71. The number of hydrogen-bond donors (Lipinski definition) is 0. The molecule has 0 N–H and O–H groups in total. The Morgan fingerprint density at radius 3 is 2.18 bits per heavy atom. The van der Waals surface area contributed by atoms with E-state index in [1.165, 1.54) is 63.1 Å². The molecule has 0 radical (unpaired) electrons. The number of carbonyl (C=O) groups excluding carboxylic acids is 1. The lowest BCUT2D eigenvalue weighted by molar-refractivity contribution is -0.122. The first kappa shape index (κ1) is 30.4. The molecule has 38 heavy (non-hydrogen) atoms. The molecule has 0 bridgehead atoms. The minimum Gasteiger partial charge on any atom is -0.357 e. The molecule has 0 aromatic carbocycles. The van der Waals surface area contributed by atoms with Crippen molar-refractivity contribution >= 4 is 46.1 Å². The van der Waals surface area contributed by atoms with E-state index in [1.54, 1.807) is 16.5 Å². The Morgan fingerprint density at radius 1 is 1.03 bits per heavy atom. The van der Waals surface area contributed by atoms with E-state index in [0.717, 1.165) is 50.2 Å². The van der Waals surface area contributed by atoms with Crippen molar-refractivity contribution in [2.24, 2.45) is 13.0 Å². The third kappa shape index (κ3) is 7.51. The fraction of sp³-hybridized carbons (Fsp3) is 0.667. The van der Waals surface area contributed by atoms with Crippen LogP contribution in [-0.2, 0) is 11.8 Å². The van der Waals surface area contributed by atoms with Crippen LogP contribution >= 0.6 is 24.0 Å². The molecule has 1 aromatic rings. The number of piperidine rings is 1. The molecule has 3 heterocycles. The van der Waals surface area contributed by atoms with Crippen molar-refractivity contribution in [2.75, 3.05) is 24.5 Å². The highest BCUT2D eigenvalue weighted by Crippen LogP contribution is 2.36. The molecule has 0 saturated carbocycles. The summed E-state index contributed by atoms with van der Waals surface area (Å²) in [4.78, 5) is 30.9. The van der Waals surface area contributed by atoms with E-state index in [-0.39, 0.29) is 17.0 Å². The third-order valence-electron chi connectivity index (χ3n) is 7.94. The zero-order valence-electron chi connectivity index (χ0n) is 23.7. The van der Waals surface area contributed by atoms with E-state index in [9.17, 15) is 14.9 Å². The Hall–Kier alpha value is -2.11. The molecular formula is C30H44N4O2S2. The second kappa shape index (κ2) is 14.9. The van der Waals surface area contributed by atoms with Gasteiger partial charge >= 0.3 is 0 Å². The minimum absolute atomic E-state index is 0.0686. The molecule has 1 amide bonds. The van der Waals surface area contributed by atoms with Gasteiger partial charge in [0.05, 0.1) is 4.91 Å². The van der Waals surface area contributed by atoms with Gasteiger partial charge in [0.1, 0.15) is 21.8 Å². The maximum Gasteiger partial charge on any atom is 0.270 e. The van der Waals surface area contributed by atoms with Crippen molar-refractivity contribution in [1.82, 2.24) is 9.47 Å². The van der Waals surface area contributed by atoms with Gasteiger partial charge in [-0.2, -0.15) is 5.26 Å². The van der Waals surface area contributed by atoms with Crippen molar-refractivity contribution in [3.8, 4) is 6.07 Å². The average Bonchev–Trinajstić information content (AvgIpc) is 3.17. The number of pyridine rings is 1. The lowest BCUT2D eigenvalue weighted by atomic mass is 9.97. The number of rotatable bonds is 13. The van der Waals surface area contributed by atoms with Crippen molar-refractivity contribution < 1.29 is 4.79 Å². The molecule has 1 aromatic heterocycles. The number of amides is 1. The van der Waals surface area contributed by atoms with Crippen LogP contribution in [0.2, 0.25) is 0 Å². The van der Waals surface area contributed by atoms with Gasteiger partial charge in [-0.1, -0.05) is 95.6 Å². The first-order chi connectivity index (χ1) is 18.3. The minimum atomic E-state index is -0.288. The molecule has 2 aliphatic rings. The summed E-state index contributed by atoms with van der Waals surface area (Å²) in [7, 11) is 1.73. The van der Waals surface area contributed by atoms with Crippen LogP contribution in [0.5, 0.6) is 0 Å². The molecule has 0 unspecified atom stereocenters. The largest absolute Gasteiger partial charge is 0.357 e. The fourth-order valence-corrected chi connectivity index (χ4v) is 6.69. The van der Waals surface area contributed by atoms with E-state index in [0.29, 0.717) is 27.3 Å². The number of thioether (sulfide) groups is 1. The van der Waals surface area contributed by atoms with Crippen LogP contribution in [0.3, 0.4) is 0 Å². The zero-order valence-corrected chi connectivity index (χ0v) is 25.3. The SMILES string of the molecule is CCCCCCCCCCCCN1C(=O)C(=Cc2c(C)c(C#N)c(=O)n(C)c2N2CCC(C)CC2)SC1=S. The van der Waals surface area contributed by atoms with Crippen LogP contribution in [0.1, 0.15) is 108 Å². The predicted molar refractivity (Wildman–Crippen MR) is 163 cm³/mol. The maximum absolute atomic E-state index is 13.4. The van der Waals surface area contributed by atoms with Crippen LogP contribution in [0, 0.1) is 24.2 Å². The highest BCUT2D eigenvalue weighted by atomic mass is 32.2. The molecule has 0 aliphatic carbocycles. The molecule has 6 nitrogen and oxygen atoms in total. The van der Waals surface area contributed by atoms with Crippen molar-refractivity contribution in [3.05, 3.63) is 31.9 Å². The molecular weight excluding hydrogens is 512 g/mol. The number of hydrogen-bond acceptors (Lipinski definition) is 6. The summed E-state index contributed by atoms with van der Waals surface area (Å²) in [6.45, 7) is 8.65. The Morgan fingerprint density at radius 2 is 1.61 bits per heavy atom. The number of unbranched alkanes of at least 4 members (excludes halogenated alkanes) is 9. The van der Waals surface area contributed by atoms with Crippen molar-refractivity contribution in [2.45, 2.75) is 97.8 Å². The van der Waals surface area contributed by atoms with Gasteiger partial charge in [0.25, 0.3) is 11.5 Å². The summed E-state index contributed by atoms with van der Waals surface area (Å²) < 4.78 is 2.17. The van der Waals surface area contributed by atoms with Crippen LogP contribution in [0.25, 0.3) is 6.08 Å². The first-order valence-electron chi connectivity index (χ1n) is 14.4. The third-order valence-corrected chi connectivity index (χ3v) is 9.31. The topological polar surface area (TPSA) is 69.3 Å². The van der Waals surface area contributed by atoms with Gasteiger partial charge in [-0.25, -0.2) is 0 Å². The molecule has 2 fully saturated rings. The normalized spacial score (nSPS) is 17.6. The van der Waals surface area contributed by atoms with Gasteiger partial charge < -0.3 is 4.90 Å². The van der Waals surface area contributed by atoms with E-state index in [2.05, 4.69) is 24.8 Å². The summed E-state index contributed by atoms with van der Waals surface area (Å²) >= 11 is 6.92. The number of thiocarbonyl (C=S) groups is 1. The number of aromatic nitrogens is 1. The Labute approximate surface area is 238 Å². The highest BCUT2D eigenvalue weighted by Gasteiger charge is 2.33. The Bertz CT molecular complexity index is 1130. The summed E-state index contributed by atoms with van der Waals surface area (Å²) in [5.74, 6) is 1.37. The summed E-state index contributed by atoms with van der Waals surface area (Å²) in [5.41, 5.74) is 1.25. The smallest absolute Gasteiger partial charge is 0.270 e. The number of nitrogens with zero attached hydrogens (tertiary/aromatic N) is 4. The number of nitriles is 1. The van der Waals surface area contributed by atoms with Crippen molar-refractivity contribution in [1.29, 1.82) is 5.26 Å². The van der Waals surface area contributed by atoms with E-state index >= 15 is 0 Å². The highest BCUT2D eigenvalue weighted by molar-refractivity contribution is 8.26. The molecule has 0 spiro atoms. The Balaban J connectivity index is 1.69. The van der Waals surface area contributed by atoms with Gasteiger partial charge in [0.15, 0.2) is 0 Å². The molecule has 2 aliphatic heterocycles. The summed E-state index contributed by atoms with van der Waals surface area (Å²) in [6.07, 6.45) is 16.4. The molecule has 0 atom stereocenters. The average molecular weight is 557 g/mol. The van der Waals surface area contributed by atoms with Gasteiger partial charge in [-0.15, -0.1) is 0 Å². The van der Waals surface area contributed by atoms with E-state index in [1.807, 2.05) is 13.0 Å². The summed E-state index contributed by atoms with van der Waals surface area (Å²) in [6, 6.07) is 2.09. The lowest BCUT2D eigenvalue weighted by Gasteiger charge is -2.34. The quantitative estimate of drug-likeness (QED) is 0.149. The molecule has 8 heteroatoms. The standard InChI is InChI=1S/C30H44N4O2S2/c1-5-6-7-8-9-10-11-12-13-14-17-34-29(36)26(38-30(34)37)20-24-23(3)25(21-31)28(35)32(4)27(24)33-18-15-22(2)16-19-33/h20,22H,5-19H2,1-4H3. The number of anilines is 1. The van der Waals surface area contributed by atoms with Gasteiger partial charge in [-0.05, 0) is 43.7 Å². The second-order valence-corrected chi connectivity index (χ2v) is 12.6. The molecule has 208 valence electrons. The number of carbonyl (C=O) groups is 1. The second-order valence-electron chi connectivity index (χ2n) is 10.9. The lowest BCUT2D eigenvalue weighted by Crippen LogP contribution is -2.38. The van der Waals surface area contributed by atoms with Crippen LogP contribution in [0.4, 0.5) is 5.82 Å². The fourth-order valence-electron chi connectivity index (χ4n) is 5.40.